The van der Waals surface area contributed by atoms with Crippen molar-refractivity contribution in [1.29, 1.82) is 0 Å². The Morgan fingerprint density at radius 1 is 1.36 bits per heavy atom. The lowest BCUT2D eigenvalue weighted by atomic mass is 10.2. The fourth-order valence-electron chi connectivity index (χ4n) is 2.48. The first-order valence-corrected chi connectivity index (χ1v) is 8.54. The van der Waals surface area contributed by atoms with Gasteiger partial charge in [0.2, 0.25) is 5.91 Å². The van der Waals surface area contributed by atoms with E-state index in [0.29, 0.717) is 5.56 Å². The van der Waals surface area contributed by atoms with Gasteiger partial charge in [0, 0.05) is 13.0 Å². The second-order valence-corrected chi connectivity index (χ2v) is 7.59. The van der Waals surface area contributed by atoms with Crippen LogP contribution in [0.4, 0.5) is 9.18 Å². The summed E-state index contributed by atoms with van der Waals surface area (Å²) in [4.78, 5) is 29.5. The molecule has 1 aromatic heterocycles. The molecule has 0 spiro atoms. The van der Waals surface area contributed by atoms with Gasteiger partial charge in [-0.1, -0.05) is 23.2 Å². The number of alkyl halides is 1. The number of hydrogen-bond donors (Lipinski definition) is 1. The van der Waals surface area contributed by atoms with Gasteiger partial charge >= 0.3 is 6.09 Å². The maximum absolute atomic E-state index is 13.8. The van der Waals surface area contributed by atoms with Crippen molar-refractivity contribution < 1.29 is 18.7 Å². The number of ether oxygens (including phenoxy) is 1. The Morgan fingerprint density at radius 2 is 1.96 bits per heavy atom. The predicted molar refractivity (Wildman–Crippen MR) is 92.3 cm³/mol. The number of rotatable bonds is 3. The molecular formula is C16H20Cl2FN3O3. The highest BCUT2D eigenvalue weighted by molar-refractivity contribution is 6.32. The van der Waals surface area contributed by atoms with E-state index in [0.717, 1.165) is 4.90 Å². The molecule has 1 N–H and O–H groups in total. The molecule has 9 heteroatoms. The van der Waals surface area contributed by atoms with Gasteiger partial charge in [0.1, 0.15) is 28.1 Å². The zero-order valence-electron chi connectivity index (χ0n) is 14.2. The van der Waals surface area contributed by atoms with Gasteiger partial charge in [-0.05, 0) is 38.5 Å². The number of aromatic nitrogens is 1. The Balaban J connectivity index is 2.02. The number of pyridine rings is 1. The van der Waals surface area contributed by atoms with E-state index in [-0.39, 0.29) is 29.8 Å². The van der Waals surface area contributed by atoms with E-state index in [1.807, 2.05) is 0 Å². The van der Waals surface area contributed by atoms with Crippen molar-refractivity contribution in [3.63, 3.8) is 0 Å². The van der Waals surface area contributed by atoms with Crippen LogP contribution in [0.15, 0.2) is 12.1 Å². The molecule has 2 amide bonds. The zero-order valence-corrected chi connectivity index (χ0v) is 15.7. The first-order valence-electron chi connectivity index (χ1n) is 7.78. The number of nitrogens with one attached hydrogen (secondary N) is 1. The molecule has 2 rings (SSSR count). The quantitative estimate of drug-likeness (QED) is 0.801. The van der Waals surface area contributed by atoms with Crippen molar-refractivity contribution in [2.45, 2.75) is 51.6 Å². The Kier molecular flexibility index (Phi) is 6.11. The third kappa shape index (κ3) is 5.71. The van der Waals surface area contributed by atoms with Crippen LogP contribution in [0, 0.1) is 0 Å². The maximum atomic E-state index is 13.8. The summed E-state index contributed by atoms with van der Waals surface area (Å²) in [5, 5.41) is 3.07. The van der Waals surface area contributed by atoms with Crippen molar-refractivity contribution in [1.82, 2.24) is 15.2 Å². The third-order valence-corrected chi connectivity index (χ3v) is 3.86. The molecule has 1 aliphatic heterocycles. The number of carbonyl (C=O) groups is 2. The minimum absolute atomic E-state index is 0.0665. The average Bonchev–Trinajstić information content (AvgIpc) is 2.84. The molecule has 0 bridgehead atoms. The van der Waals surface area contributed by atoms with Crippen LogP contribution in [0.25, 0.3) is 0 Å². The fourth-order valence-corrected chi connectivity index (χ4v) is 2.98. The van der Waals surface area contributed by atoms with Crippen LogP contribution in [0.2, 0.25) is 10.3 Å². The predicted octanol–water partition coefficient (Wildman–Crippen LogP) is 3.35. The van der Waals surface area contributed by atoms with Crippen LogP contribution in [0.5, 0.6) is 0 Å². The first kappa shape index (κ1) is 19.7. The molecule has 0 aliphatic carbocycles. The Labute approximate surface area is 155 Å². The molecule has 1 aromatic rings. The highest BCUT2D eigenvalue weighted by atomic mass is 35.5. The minimum Gasteiger partial charge on any atom is -0.444 e. The molecule has 1 fully saturated rings. The molecule has 25 heavy (non-hydrogen) atoms. The van der Waals surface area contributed by atoms with Crippen LogP contribution in [-0.2, 0) is 16.1 Å². The second-order valence-electron chi connectivity index (χ2n) is 6.82. The van der Waals surface area contributed by atoms with Gasteiger partial charge in [0.05, 0.1) is 6.54 Å². The molecule has 138 valence electrons. The third-order valence-electron chi connectivity index (χ3n) is 3.47. The second kappa shape index (κ2) is 7.74. The van der Waals surface area contributed by atoms with E-state index in [2.05, 4.69) is 10.3 Å². The molecule has 6 nitrogen and oxygen atoms in total. The van der Waals surface area contributed by atoms with Crippen molar-refractivity contribution >= 4 is 35.2 Å². The van der Waals surface area contributed by atoms with Gasteiger partial charge in [-0.25, -0.2) is 14.2 Å². The molecule has 0 radical (unpaired) electrons. The Hall–Kier alpha value is -1.60. The normalized spacial score (nSPS) is 20.5. The summed E-state index contributed by atoms with van der Waals surface area (Å²) >= 11 is 11.6. The highest BCUT2D eigenvalue weighted by Crippen LogP contribution is 2.23. The van der Waals surface area contributed by atoms with Crippen molar-refractivity contribution in [2.24, 2.45) is 0 Å². The van der Waals surface area contributed by atoms with Crippen LogP contribution in [0.1, 0.15) is 32.8 Å². The summed E-state index contributed by atoms with van der Waals surface area (Å²) in [5.74, 6) is -0.463. The van der Waals surface area contributed by atoms with Crippen molar-refractivity contribution in [3.05, 3.63) is 28.0 Å². The molecule has 0 unspecified atom stereocenters. The first-order chi connectivity index (χ1) is 11.5. The van der Waals surface area contributed by atoms with E-state index in [4.69, 9.17) is 27.9 Å². The largest absolute Gasteiger partial charge is 0.444 e. The van der Waals surface area contributed by atoms with E-state index in [1.165, 1.54) is 0 Å². The standard InChI is InChI=1S/C16H20Cl2FN3O3/c1-16(2,3)25-15(24)22-8-10(19)6-11(22)14(23)20-7-9-4-12(17)21-13(18)5-9/h4-5,10-11H,6-8H2,1-3H3,(H,20,23)/t10-,11+/m1/s1. The lowest BCUT2D eigenvalue weighted by Crippen LogP contribution is -2.47. The summed E-state index contributed by atoms with van der Waals surface area (Å²) in [6, 6.07) is 2.20. The zero-order chi connectivity index (χ0) is 18.8. The fraction of sp³-hybridized carbons (Fsp3) is 0.562. The summed E-state index contributed by atoms with van der Waals surface area (Å²) in [5.41, 5.74) is -0.0752. The molecular weight excluding hydrogens is 372 g/mol. The summed E-state index contributed by atoms with van der Waals surface area (Å²) in [6.07, 6.45) is -2.04. The van der Waals surface area contributed by atoms with Gasteiger partial charge in [0.25, 0.3) is 0 Å². The molecule has 1 aliphatic rings. The number of nitrogens with zero attached hydrogens (tertiary/aromatic N) is 2. The maximum Gasteiger partial charge on any atom is 0.411 e. The van der Waals surface area contributed by atoms with Gasteiger partial charge < -0.3 is 10.1 Å². The van der Waals surface area contributed by atoms with E-state index in [9.17, 15) is 14.0 Å². The molecule has 1 saturated heterocycles. The SMILES string of the molecule is CC(C)(C)OC(=O)N1C[C@H](F)C[C@H]1C(=O)NCc1cc(Cl)nc(Cl)c1. The number of amides is 2. The minimum atomic E-state index is -1.27. The number of carbonyl (C=O) groups excluding carboxylic acids is 2. The smallest absolute Gasteiger partial charge is 0.411 e. The number of hydrogen-bond acceptors (Lipinski definition) is 4. The molecule has 0 aromatic carbocycles. The lowest BCUT2D eigenvalue weighted by Gasteiger charge is -2.27. The van der Waals surface area contributed by atoms with Crippen LogP contribution in [-0.4, -0.2) is 46.2 Å². The molecule has 0 saturated carbocycles. The topological polar surface area (TPSA) is 71.5 Å². The number of halogens is 3. The van der Waals surface area contributed by atoms with Gasteiger partial charge in [-0.15, -0.1) is 0 Å². The van der Waals surface area contributed by atoms with Crippen LogP contribution in [0.3, 0.4) is 0 Å². The monoisotopic (exact) mass is 391 g/mol. The summed E-state index contributed by atoms with van der Waals surface area (Å²) in [6.45, 7) is 5.09. The summed E-state index contributed by atoms with van der Waals surface area (Å²) in [7, 11) is 0. The Morgan fingerprint density at radius 3 is 2.52 bits per heavy atom. The van der Waals surface area contributed by atoms with E-state index in [1.54, 1.807) is 32.9 Å². The van der Waals surface area contributed by atoms with E-state index >= 15 is 0 Å². The van der Waals surface area contributed by atoms with Crippen LogP contribution >= 0.6 is 23.2 Å². The Bertz CT molecular complexity index is 646. The summed E-state index contributed by atoms with van der Waals surface area (Å²) < 4.78 is 19.0. The molecule has 2 heterocycles. The van der Waals surface area contributed by atoms with Crippen molar-refractivity contribution in [3.8, 4) is 0 Å². The van der Waals surface area contributed by atoms with Gasteiger partial charge in [-0.3, -0.25) is 9.69 Å². The number of likely N-dealkylation sites (tertiary alicyclic amines) is 1. The van der Waals surface area contributed by atoms with Gasteiger partial charge in [-0.2, -0.15) is 0 Å². The average molecular weight is 392 g/mol. The van der Waals surface area contributed by atoms with E-state index < -0.39 is 29.8 Å². The molecule has 2 atom stereocenters. The van der Waals surface area contributed by atoms with Crippen LogP contribution < -0.4 is 5.32 Å². The lowest BCUT2D eigenvalue weighted by molar-refractivity contribution is -0.125. The highest BCUT2D eigenvalue weighted by Gasteiger charge is 2.41. The van der Waals surface area contributed by atoms with Crippen molar-refractivity contribution in [2.75, 3.05) is 6.54 Å². The van der Waals surface area contributed by atoms with Gasteiger partial charge in [0.15, 0.2) is 0 Å².